The van der Waals surface area contributed by atoms with Gasteiger partial charge in [0, 0.05) is 19.0 Å². The van der Waals surface area contributed by atoms with Crippen LogP contribution in [-0.4, -0.2) is 46.7 Å². The van der Waals surface area contributed by atoms with Gasteiger partial charge in [0.15, 0.2) is 0 Å². The SMILES string of the molecule is CCOC(=O)c1cnc(C2CCN(C(=O)O)CC2)s1. The lowest BCUT2D eigenvalue weighted by Crippen LogP contribution is -2.36. The molecule has 19 heavy (non-hydrogen) atoms. The summed E-state index contributed by atoms with van der Waals surface area (Å²) in [5, 5.41) is 9.78. The predicted octanol–water partition coefficient (Wildman–Crippen LogP) is 2.18. The number of rotatable bonds is 3. The number of hydrogen-bond acceptors (Lipinski definition) is 5. The van der Waals surface area contributed by atoms with E-state index in [0.717, 1.165) is 17.8 Å². The Labute approximate surface area is 115 Å². The zero-order valence-electron chi connectivity index (χ0n) is 10.7. The average molecular weight is 284 g/mol. The van der Waals surface area contributed by atoms with Gasteiger partial charge in [-0.1, -0.05) is 0 Å². The fourth-order valence-electron chi connectivity index (χ4n) is 2.09. The fourth-order valence-corrected chi connectivity index (χ4v) is 3.07. The zero-order chi connectivity index (χ0) is 13.8. The van der Waals surface area contributed by atoms with E-state index in [1.165, 1.54) is 16.2 Å². The Balaban J connectivity index is 1.97. The molecule has 0 aromatic carbocycles. The molecule has 0 bridgehead atoms. The van der Waals surface area contributed by atoms with Crippen molar-refractivity contribution in [2.75, 3.05) is 19.7 Å². The highest BCUT2D eigenvalue weighted by Crippen LogP contribution is 2.31. The summed E-state index contributed by atoms with van der Waals surface area (Å²) in [6.07, 6.45) is 2.18. The van der Waals surface area contributed by atoms with Gasteiger partial charge in [0.1, 0.15) is 4.88 Å². The van der Waals surface area contributed by atoms with E-state index in [0.29, 0.717) is 24.6 Å². The first-order chi connectivity index (χ1) is 9.11. The van der Waals surface area contributed by atoms with Crippen LogP contribution in [0.4, 0.5) is 4.79 Å². The molecule has 7 heteroatoms. The molecule has 0 radical (unpaired) electrons. The third kappa shape index (κ3) is 3.23. The number of hydrogen-bond donors (Lipinski definition) is 1. The van der Waals surface area contributed by atoms with Gasteiger partial charge < -0.3 is 14.7 Å². The molecule has 6 nitrogen and oxygen atoms in total. The van der Waals surface area contributed by atoms with Crippen molar-refractivity contribution >= 4 is 23.4 Å². The van der Waals surface area contributed by atoms with Crippen LogP contribution in [-0.2, 0) is 4.74 Å². The lowest BCUT2D eigenvalue weighted by molar-refractivity contribution is 0.0531. The Morgan fingerprint density at radius 1 is 1.53 bits per heavy atom. The Morgan fingerprint density at radius 2 is 2.21 bits per heavy atom. The van der Waals surface area contributed by atoms with Crippen molar-refractivity contribution in [1.29, 1.82) is 0 Å². The maximum absolute atomic E-state index is 11.5. The van der Waals surface area contributed by atoms with Gasteiger partial charge in [0.2, 0.25) is 0 Å². The van der Waals surface area contributed by atoms with Gasteiger partial charge in [0.25, 0.3) is 0 Å². The lowest BCUT2D eigenvalue weighted by Gasteiger charge is -2.28. The van der Waals surface area contributed by atoms with E-state index in [2.05, 4.69) is 4.98 Å². The first-order valence-electron chi connectivity index (χ1n) is 6.22. The number of esters is 1. The Bertz CT molecular complexity index is 466. The monoisotopic (exact) mass is 284 g/mol. The largest absolute Gasteiger partial charge is 0.465 e. The van der Waals surface area contributed by atoms with Crippen molar-refractivity contribution in [3.8, 4) is 0 Å². The van der Waals surface area contributed by atoms with Crippen LogP contribution in [0.15, 0.2) is 6.20 Å². The molecule has 1 aliphatic rings. The van der Waals surface area contributed by atoms with Crippen molar-refractivity contribution in [3.05, 3.63) is 16.1 Å². The van der Waals surface area contributed by atoms with Gasteiger partial charge in [-0.3, -0.25) is 0 Å². The summed E-state index contributed by atoms with van der Waals surface area (Å²) < 4.78 is 4.92. The number of ether oxygens (including phenoxy) is 1. The van der Waals surface area contributed by atoms with Crippen LogP contribution in [0.5, 0.6) is 0 Å². The molecule has 104 valence electrons. The predicted molar refractivity (Wildman–Crippen MR) is 69.6 cm³/mol. The minimum Gasteiger partial charge on any atom is -0.465 e. The Morgan fingerprint density at radius 3 is 2.79 bits per heavy atom. The average Bonchev–Trinajstić information content (AvgIpc) is 2.89. The molecular weight excluding hydrogens is 268 g/mol. The summed E-state index contributed by atoms with van der Waals surface area (Å²) in [6, 6.07) is 0. The molecule has 0 saturated carbocycles. The topological polar surface area (TPSA) is 79.7 Å². The number of thiazole rings is 1. The second kappa shape index (κ2) is 6.01. The molecule has 2 heterocycles. The summed E-state index contributed by atoms with van der Waals surface area (Å²) >= 11 is 1.35. The third-order valence-corrected chi connectivity index (χ3v) is 4.25. The van der Waals surface area contributed by atoms with E-state index in [9.17, 15) is 9.59 Å². The van der Waals surface area contributed by atoms with Crippen LogP contribution < -0.4 is 0 Å². The standard InChI is InChI=1S/C12H16N2O4S/c1-2-18-11(15)9-7-13-10(19-9)8-3-5-14(6-4-8)12(16)17/h7-8H,2-6H2,1H3,(H,16,17). The van der Waals surface area contributed by atoms with Crippen molar-refractivity contribution in [1.82, 2.24) is 9.88 Å². The summed E-state index contributed by atoms with van der Waals surface area (Å²) in [4.78, 5) is 28.5. The minimum absolute atomic E-state index is 0.240. The zero-order valence-corrected chi connectivity index (χ0v) is 11.5. The van der Waals surface area contributed by atoms with E-state index in [4.69, 9.17) is 9.84 Å². The highest BCUT2D eigenvalue weighted by molar-refractivity contribution is 7.13. The second-order valence-electron chi connectivity index (χ2n) is 4.33. The van der Waals surface area contributed by atoms with Gasteiger partial charge in [-0.15, -0.1) is 11.3 Å². The molecule has 0 unspecified atom stereocenters. The first-order valence-corrected chi connectivity index (χ1v) is 7.04. The third-order valence-electron chi connectivity index (χ3n) is 3.11. The second-order valence-corrected chi connectivity index (χ2v) is 5.39. The highest BCUT2D eigenvalue weighted by Gasteiger charge is 2.26. The summed E-state index contributed by atoms with van der Waals surface area (Å²) in [5.74, 6) is -0.0991. The van der Waals surface area contributed by atoms with Crippen LogP contribution in [0.25, 0.3) is 0 Å². The maximum atomic E-state index is 11.5. The number of aromatic nitrogens is 1. The molecule has 1 saturated heterocycles. The smallest absolute Gasteiger partial charge is 0.407 e. The van der Waals surface area contributed by atoms with Gasteiger partial charge in [0.05, 0.1) is 17.8 Å². The summed E-state index contributed by atoms with van der Waals surface area (Å²) in [7, 11) is 0. The molecule has 1 N–H and O–H groups in total. The first kappa shape index (κ1) is 13.8. The minimum atomic E-state index is -0.871. The molecule has 1 aliphatic heterocycles. The highest BCUT2D eigenvalue weighted by atomic mass is 32.1. The summed E-state index contributed by atoms with van der Waals surface area (Å²) in [6.45, 7) is 3.16. The molecule has 1 aromatic rings. The quantitative estimate of drug-likeness (QED) is 0.860. The Hall–Kier alpha value is -1.63. The Kier molecular flexibility index (Phi) is 4.36. The number of carbonyl (C=O) groups excluding carboxylic acids is 1. The molecule has 0 aliphatic carbocycles. The van der Waals surface area contributed by atoms with Crippen LogP contribution in [0.1, 0.15) is 40.4 Å². The lowest BCUT2D eigenvalue weighted by atomic mass is 9.98. The molecule has 0 atom stereocenters. The number of carbonyl (C=O) groups is 2. The van der Waals surface area contributed by atoms with Crippen LogP contribution >= 0.6 is 11.3 Å². The number of carboxylic acid groups (broad SMARTS) is 1. The van der Waals surface area contributed by atoms with Crippen LogP contribution in [0.2, 0.25) is 0 Å². The van der Waals surface area contributed by atoms with Crippen molar-refractivity contribution in [2.24, 2.45) is 0 Å². The molecule has 1 amide bonds. The fraction of sp³-hybridized carbons (Fsp3) is 0.583. The van der Waals surface area contributed by atoms with E-state index >= 15 is 0 Å². The molecular formula is C12H16N2O4S. The molecule has 1 fully saturated rings. The normalized spacial score (nSPS) is 16.4. The van der Waals surface area contributed by atoms with Crippen molar-refractivity contribution < 1.29 is 19.4 Å². The van der Waals surface area contributed by atoms with E-state index in [-0.39, 0.29) is 11.9 Å². The van der Waals surface area contributed by atoms with Gasteiger partial charge in [-0.05, 0) is 19.8 Å². The summed E-state index contributed by atoms with van der Waals surface area (Å²) in [5.41, 5.74) is 0. The maximum Gasteiger partial charge on any atom is 0.407 e. The van der Waals surface area contributed by atoms with E-state index in [1.54, 1.807) is 13.1 Å². The van der Waals surface area contributed by atoms with Crippen molar-refractivity contribution in [2.45, 2.75) is 25.7 Å². The molecule has 2 rings (SSSR count). The van der Waals surface area contributed by atoms with Gasteiger partial charge in [-0.25, -0.2) is 14.6 Å². The van der Waals surface area contributed by atoms with Crippen LogP contribution in [0.3, 0.4) is 0 Å². The number of amides is 1. The van der Waals surface area contributed by atoms with E-state index in [1.807, 2.05) is 0 Å². The van der Waals surface area contributed by atoms with Gasteiger partial charge in [-0.2, -0.15) is 0 Å². The van der Waals surface area contributed by atoms with E-state index < -0.39 is 6.09 Å². The van der Waals surface area contributed by atoms with Crippen LogP contribution in [0, 0.1) is 0 Å². The molecule has 0 spiro atoms. The number of nitrogens with zero attached hydrogens (tertiary/aromatic N) is 2. The van der Waals surface area contributed by atoms with Crippen molar-refractivity contribution in [3.63, 3.8) is 0 Å². The van der Waals surface area contributed by atoms with Gasteiger partial charge >= 0.3 is 12.1 Å². The molecule has 1 aromatic heterocycles. The number of likely N-dealkylation sites (tertiary alicyclic amines) is 1. The number of piperidine rings is 1.